The molecular formula is C15H19NO3. The molecule has 0 saturated heterocycles. The summed E-state index contributed by atoms with van der Waals surface area (Å²) in [5, 5.41) is 19.4. The highest BCUT2D eigenvalue weighted by Crippen LogP contribution is 2.39. The summed E-state index contributed by atoms with van der Waals surface area (Å²) in [6, 6.07) is 7.87. The lowest BCUT2D eigenvalue weighted by Gasteiger charge is -2.39. The van der Waals surface area contributed by atoms with E-state index in [0.717, 1.165) is 37.1 Å². The maximum atomic E-state index is 11.3. The number of rotatable bonds is 2. The van der Waals surface area contributed by atoms with Gasteiger partial charge in [0.1, 0.15) is 0 Å². The number of carbonyl (C=O) groups is 1. The predicted molar refractivity (Wildman–Crippen MR) is 72.4 cm³/mol. The summed E-state index contributed by atoms with van der Waals surface area (Å²) in [5.74, 6) is -1.16. The molecule has 1 saturated carbocycles. The molecule has 0 amide bonds. The molecule has 2 aliphatic rings. The van der Waals surface area contributed by atoms with Crippen LogP contribution in [0.1, 0.15) is 37.2 Å². The molecule has 3 unspecified atom stereocenters. The van der Waals surface area contributed by atoms with Gasteiger partial charge in [0, 0.05) is 12.2 Å². The zero-order chi connectivity index (χ0) is 13.4. The summed E-state index contributed by atoms with van der Waals surface area (Å²) < 4.78 is 0. The molecule has 1 aromatic carbocycles. The van der Waals surface area contributed by atoms with E-state index in [0.29, 0.717) is 6.42 Å². The van der Waals surface area contributed by atoms with Crippen molar-refractivity contribution >= 4 is 11.7 Å². The van der Waals surface area contributed by atoms with Gasteiger partial charge in [0.25, 0.3) is 0 Å². The smallest absolute Gasteiger partial charge is 0.311 e. The van der Waals surface area contributed by atoms with Crippen LogP contribution in [-0.2, 0) is 4.79 Å². The second-order valence-corrected chi connectivity index (χ2v) is 5.50. The molecule has 0 aromatic heterocycles. The van der Waals surface area contributed by atoms with Crippen molar-refractivity contribution in [3.8, 4) is 0 Å². The maximum Gasteiger partial charge on any atom is 0.311 e. The summed E-state index contributed by atoms with van der Waals surface area (Å²) in [6.45, 7) is 0.718. The lowest BCUT2D eigenvalue weighted by Crippen LogP contribution is -2.44. The molecule has 1 aliphatic carbocycles. The minimum absolute atomic E-state index is 0.149. The van der Waals surface area contributed by atoms with Crippen molar-refractivity contribution < 1.29 is 15.0 Å². The first kappa shape index (κ1) is 12.5. The zero-order valence-electron chi connectivity index (χ0n) is 10.8. The van der Waals surface area contributed by atoms with Gasteiger partial charge in [-0.05, 0) is 37.3 Å². The van der Waals surface area contributed by atoms with E-state index < -0.39 is 11.9 Å². The summed E-state index contributed by atoms with van der Waals surface area (Å²) in [4.78, 5) is 13.6. The van der Waals surface area contributed by atoms with Gasteiger partial charge in [-0.25, -0.2) is 0 Å². The van der Waals surface area contributed by atoms with Crippen molar-refractivity contribution in [3.63, 3.8) is 0 Å². The van der Waals surface area contributed by atoms with Crippen LogP contribution in [0.15, 0.2) is 24.3 Å². The number of aliphatic hydroxyl groups excluding tert-OH is 1. The van der Waals surface area contributed by atoms with Crippen LogP contribution >= 0.6 is 0 Å². The molecule has 1 aromatic rings. The molecule has 1 heterocycles. The number of nitrogens with zero attached hydrogens (tertiary/aromatic N) is 1. The lowest BCUT2D eigenvalue weighted by molar-refractivity contribution is -0.139. The summed E-state index contributed by atoms with van der Waals surface area (Å²) in [6.07, 6.45) is 3.23. The molecule has 1 aliphatic heterocycles. The second-order valence-electron chi connectivity index (χ2n) is 5.50. The Kier molecular flexibility index (Phi) is 3.19. The number of carboxylic acids is 1. The van der Waals surface area contributed by atoms with E-state index in [4.69, 9.17) is 0 Å². The van der Waals surface area contributed by atoms with Gasteiger partial charge in [-0.1, -0.05) is 18.2 Å². The Hall–Kier alpha value is -1.55. The number of hydrogen-bond donors (Lipinski definition) is 2. The molecule has 3 rings (SSSR count). The first-order valence-electron chi connectivity index (χ1n) is 6.95. The molecule has 3 atom stereocenters. The zero-order valence-corrected chi connectivity index (χ0v) is 10.8. The Balaban J connectivity index is 1.96. The second kappa shape index (κ2) is 4.85. The highest BCUT2D eigenvalue weighted by atomic mass is 16.4. The molecule has 1 fully saturated rings. The highest BCUT2D eigenvalue weighted by molar-refractivity contribution is 5.80. The average molecular weight is 261 g/mol. The van der Waals surface area contributed by atoms with E-state index in [1.165, 1.54) is 0 Å². The quantitative estimate of drug-likeness (QED) is 0.854. The Labute approximate surface area is 112 Å². The number of aliphatic hydroxyl groups is 1. The normalized spacial score (nSPS) is 30.2. The fourth-order valence-corrected chi connectivity index (χ4v) is 3.47. The molecule has 0 spiro atoms. The summed E-state index contributed by atoms with van der Waals surface area (Å²) in [7, 11) is 0. The van der Waals surface area contributed by atoms with Gasteiger partial charge in [0.2, 0.25) is 0 Å². The molecule has 0 radical (unpaired) electrons. The largest absolute Gasteiger partial charge is 0.481 e. The first-order chi connectivity index (χ1) is 9.18. The summed E-state index contributed by atoms with van der Waals surface area (Å²) >= 11 is 0. The Morgan fingerprint density at radius 1 is 1.21 bits per heavy atom. The van der Waals surface area contributed by atoms with Crippen molar-refractivity contribution in [3.05, 3.63) is 29.8 Å². The highest BCUT2D eigenvalue weighted by Gasteiger charge is 2.36. The topological polar surface area (TPSA) is 60.8 Å². The van der Waals surface area contributed by atoms with Gasteiger partial charge < -0.3 is 15.1 Å². The van der Waals surface area contributed by atoms with Crippen molar-refractivity contribution in [2.75, 3.05) is 11.4 Å². The SMILES string of the molecule is O=C(O)C1CCN(C2CCCC2O)c2ccccc21. The van der Waals surface area contributed by atoms with E-state index in [-0.39, 0.29) is 12.1 Å². The Morgan fingerprint density at radius 2 is 2.00 bits per heavy atom. The fraction of sp³-hybridized carbons (Fsp3) is 0.533. The molecular weight excluding hydrogens is 242 g/mol. The van der Waals surface area contributed by atoms with Crippen LogP contribution in [0.3, 0.4) is 0 Å². The van der Waals surface area contributed by atoms with Crippen molar-refractivity contribution in [1.82, 2.24) is 0 Å². The van der Waals surface area contributed by atoms with Crippen molar-refractivity contribution in [2.45, 2.75) is 43.7 Å². The fourth-order valence-electron chi connectivity index (χ4n) is 3.47. The third kappa shape index (κ3) is 2.10. The van der Waals surface area contributed by atoms with Gasteiger partial charge in [-0.2, -0.15) is 0 Å². The van der Waals surface area contributed by atoms with Crippen LogP contribution < -0.4 is 4.90 Å². The minimum Gasteiger partial charge on any atom is -0.481 e. The van der Waals surface area contributed by atoms with Gasteiger partial charge in [-0.15, -0.1) is 0 Å². The molecule has 19 heavy (non-hydrogen) atoms. The van der Waals surface area contributed by atoms with E-state index in [2.05, 4.69) is 4.90 Å². The van der Waals surface area contributed by atoms with Gasteiger partial charge in [0.05, 0.1) is 18.1 Å². The van der Waals surface area contributed by atoms with Crippen LogP contribution in [0.4, 0.5) is 5.69 Å². The molecule has 2 N–H and O–H groups in total. The van der Waals surface area contributed by atoms with E-state index in [9.17, 15) is 15.0 Å². The Bertz CT molecular complexity index is 488. The standard InChI is InChI=1S/C15H19NO3/c17-14-7-3-6-13(14)16-9-8-11(15(18)19)10-4-1-2-5-12(10)16/h1-2,4-5,11,13-14,17H,3,6-9H2,(H,18,19). The van der Waals surface area contributed by atoms with Gasteiger partial charge in [-0.3, -0.25) is 4.79 Å². The van der Waals surface area contributed by atoms with Crippen molar-refractivity contribution in [1.29, 1.82) is 0 Å². The summed E-state index contributed by atoms with van der Waals surface area (Å²) in [5.41, 5.74) is 1.88. The van der Waals surface area contributed by atoms with Gasteiger partial charge in [0.15, 0.2) is 0 Å². The molecule has 102 valence electrons. The monoisotopic (exact) mass is 261 g/mol. The molecule has 0 bridgehead atoms. The lowest BCUT2D eigenvalue weighted by atomic mass is 9.89. The Morgan fingerprint density at radius 3 is 2.68 bits per heavy atom. The van der Waals surface area contributed by atoms with Gasteiger partial charge >= 0.3 is 5.97 Å². The number of hydrogen-bond acceptors (Lipinski definition) is 3. The maximum absolute atomic E-state index is 11.3. The minimum atomic E-state index is -0.751. The van der Waals surface area contributed by atoms with Crippen LogP contribution in [0.2, 0.25) is 0 Å². The van der Waals surface area contributed by atoms with E-state index >= 15 is 0 Å². The molecule has 4 heteroatoms. The van der Waals surface area contributed by atoms with Crippen LogP contribution in [0, 0.1) is 0 Å². The predicted octanol–water partition coefficient (Wildman–Crippen LogP) is 1.98. The average Bonchev–Trinajstić information content (AvgIpc) is 2.83. The number of benzene rings is 1. The van der Waals surface area contributed by atoms with Crippen molar-refractivity contribution in [2.24, 2.45) is 0 Å². The third-order valence-corrected chi connectivity index (χ3v) is 4.42. The van der Waals surface area contributed by atoms with Crippen LogP contribution in [0.25, 0.3) is 0 Å². The van der Waals surface area contributed by atoms with Crippen LogP contribution in [0.5, 0.6) is 0 Å². The number of para-hydroxylation sites is 1. The number of fused-ring (bicyclic) bond motifs is 1. The first-order valence-corrected chi connectivity index (χ1v) is 6.95. The number of aliphatic carboxylic acids is 1. The van der Waals surface area contributed by atoms with Crippen LogP contribution in [-0.4, -0.2) is 34.9 Å². The number of carboxylic acid groups (broad SMARTS) is 1. The van der Waals surface area contributed by atoms with E-state index in [1.54, 1.807) is 0 Å². The molecule has 4 nitrogen and oxygen atoms in total. The third-order valence-electron chi connectivity index (χ3n) is 4.42. The van der Waals surface area contributed by atoms with E-state index in [1.807, 2.05) is 24.3 Å². The number of anilines is 1.